The van der Waals surface area contributed by atoms with Crippen LogP contribution in [0.1, 0.15) is 69.9 Å². The van der Waals surface area contributed by atoms with E-state index >= 15 is 0 Å². The summed E-state index contributed by atoms with van der Waals surface area (Å²) in [5.41, 5.74) is 2.73. The van der Waals surface area contributed by atoms with Crippen molar-refractivity contribution >= 4 is 10.8 Å². The van der Waals surface area contributed by atoms with E-state index < -0.39 is 0 Å². The van der Waals surface area contributed by atoms with Crippen LogP contribution in [0.4, 0.5) is 0 Å². The SMILES string of the molecule is CCCCCCCCC.c1ccc(Cc2ccc3ccccc3c2)cc1. The van der Waals surface area contributed by atoms with E-state index in [9.17, 15) is 0 Å². The summed E-state index contributed by atoms with van der Waals surface area (Å²) in [5, 5.41) is 2.63. The highest BCUT2D eigenvalue weighted by Crippen LogP contribution is 2.17. The minimum absolute atomic E-state index is 1.01. The van der Waals surface area contributed by atoms with Gasteiger partial charge in [-0.05, 0) is 28.3 Å². The third-order valence-corrected chi connectivity index (χ3v) is 4.77. The van der Waals surface area contributed by atoms with Gasteiger partial charge in [0, 0.05) is 0 Å². The van der Waals surface area contributed by atoms with Crippen LogP contribution in [0.5, 0.6) is 0 Å². The van der Waals surface area contributed by atoms with Crippen molar-refractivity contribution in [2.24, 2.45) is 0 Å². The van der Waals surface area contributed by atoms with Crippen molar-refractivity contribution in [2.45, 2.75) is 65.2 Å². The number of benzene rings is 3. The fraction of sp³-hybridized carbons (Fsp3) is 0.385. The van der Waals surface area contributed by atoms with Gasteiger partial charge in [0.05, 0.1) is 0 Å². The van der Waals surface area contributed by atoms with Gasteiger partial charge in [0.15, 0.2) is 0 Å². The average Bonchev–Trinajstić information content (AvgIpc) is 2.69. The fourth-order valence-electron chi connectivity index (χ4n) is 3.21. The van der Waals surface area contributed by atoms with Gasteiger partial charge in [-0.1, -0.05) is 132 Å². The second kappa shape index (κ2) is 12.3. The van der Waals surface area contributed by atoms with Gasteiger partial charge in [-0.25, -0.2) is 0 Å². The molecular formula is C26H34. The Morgan fingerprint density at radius 3 is 1.73 bits per heavy atom. The molecule has 0 heteroatoms. The molecule has 0 unspecified atom stereocenters. The summed E-state index contributed by atoms with van der Waals surface area (Å²) in [6.07, 6.45) is 11.0. The molecule has 0 saturated carbocycles. The molecule has 0 amide bonds. The van der Waals surface area contributed by atoms with Crippen molar-refractivity contribution in [3.05, 3.63) is 83.9 Å². The van der Waals surface area contributed by atoms with E-state index in [1.54, 1.807) is 0 Å². The molecule has 0 saturated heterocycles. The van der Waals surface area contributed by atoms with Gasteiger partial charge in [0.25, 0.3) is 0 Å². The van der Waals surface area contributed by atoms with Crippen molar-refractivity contribution in [3.8, 4) is 0 Å². The maximum absolute atomic E-state index is 2.28. The summed E-state index contributed by atoms with van der Waals surface area (Å²) in [6, 6.07) is 25.8. The molecule has 0 atom stereocenters. The Morgan fingerprint density at radius 1 is 0.500 bits per heavy atom. The molecule has 0 nitrogen and oxygen atoms in total. The molecule has 0 aromatic heterocycles. The molecule has 0 heterocycles. The van der Waals surface area contributed by atoms with E-state index in [2.05, 4.69) is 86.6 Å². The molecule has 3 aromatic carbocycles. The first-order valence-corrected chi connectivity index (χ1v) is 10.3. The lowest BCUT2D eigenvalue weighted by molar-refractivity contribution is 0.602. The molecule has 0 fully saturated rings. The Morgan fingerprint density at radius 2 is 1.08 bits per heavy atom. The Hall–Kier alpha value is -2.08. The molecule has 3 aromatic rings. The largest absolute Gasteiger partial charge is 0.0654 e. The average molecular weight is 347 g/mol. The fourth-order valence-corrected chi connectivity index (χ4v) is 3.21. The molecule has 0 radical (unpaired) electrons. The highest BCUT2D eigenvalue weighted by molar-refractivity contribution is 5.83. The third kappa shape index (κ3) is 7.44. The Labute approximate surface area is 160 Å². The molecule has 0 aliphatic rings. The number of hydrogen-bond donors (Lipinski definition) is 0. The summed E-state index contributed by atoms with van der Waals surface area (Å²) in [7, 11) is 0. The van der Waals surface area contributed by atoms with E-state index in [0.717, 1.165) is 6.42 Å². The standard InChI is InChI=1S/C17H14.C9H20/c1-2-6-14(7-3-1)12-15-10-11-16-8-4-5-9-17(16)13-15;1-3-5-7-9-8-6-4-2/h1-11,13H,12H2;3-9H2,1-2H3. The van der Waals surface area contributed by atoms with Gasteiger partial charge in [-0.3, -0.25) is 0 Å². The lowest BCUT2D eigenvalue weighted by Crippen LogP contribution is -1.87. The van der Waals surface area contributed by atoms with Crippen molar-refractivity contribution < 1.29 is 0 Å². The van der Waals surface area contributed by atoms with E-state index in [4.69, 9.17) is 0 Å². The Balaban J connectivity index is 0.000000232. The highest BCUT2D eigenvalue weighted by atomic mass is 14.0. The Bertz CT molecular complexity index is 721. The zero-order chi connectivity index (χ0) is 18.5. The first-order valence-electron chi connectivity index (χ1n) is 10.3. The van der Waals surface area contributed by atoms with Crippen LogP contribution in [0.2, 0.25) is 0 Å². The minimum atomic E-state index is 1.01. The van der Waals surface area contributed by atoms with Gasteiger partial charge in [-0.15, -0.1) is 0 Å². The van der Waals surface area contributed by atoms with Crippen LogP contribution >= 0.6 is 0 Å². The zero-order valence-corrected chi connectivity index (χ0v) is 16.6. The van der Waals surface area contributed by atoms with Crippen LogP contribution < -0.4 is 0 Å². The van der Waals surface area contributed by atoms with Crippen LogP contribution in [-0.2, 0) is 6.42 Å². The van der Waals surface area contributed by atoms with Crippen LogP contribution in [0.3, 0.4) is 0 Å². The first kappa shape index (κ1) is 20.2. The smallest absolute Gasteiger partial charge is 0.00256 e. The second-order valence-electron chi connectivity index (χ2n) is 7.11. The van der Waals surface area contributed by atoms with Crippen molar-refractivity contribution in [1.82, 2.24) is 0 Å². The van der Waals surface area contributed by atoms with Gasteiger partial charge in [0.1, 0.15) is 0 Å². The number of unbranched alkanes of at least 4 members (excludes halogenated alkanes) is 6. The van der Waals surface area contributed by atoms with Crippen molar-refractivity contribution in [2.75, 3.05) is 0 Å². The molecule has 138 valence electrons. The third-order valence-electron chi connectivity index (χ3n) is 4.77. The van der Waals surface area contributed by atoms with Crippen molar-refractivity contribution in [3.63, 3.8) is 0 Å². The quantitative estimate of drug-likeness (QED) is 0.361. The Kier molecular flexibility index (Phi) is 9.57. The lowest BCUT2D eigenvalue weighted by atomic mass is 10.0. The van der Waals surface area contributed by atoms with Crippen LogP contribution in [0.15, 0.2) is 72.8 Å². The number of hydrogen-bond acceptors (Lipinski definition) is 0. The molecule has 0 aliphatic heterocycles. The number of fused-ring (bicyclic) bond motifs is 1. The topological polar surface area (TPSA) is 0 Å². The summed E-state index contributed by atoms with van der Waals surface area (Å²) in [6.45, 7) is 4.53. The maximum Gasteiger partial charge on any atom is -0.00256 e. The van der Waals surface area contributed by atoms with Crippen LogP contribution in [0, 0.1) is 0 Å². The number of rotatable bonds is 8. The van der Waals surface area contributed by atoms with Gasteiger partial charge in [-0.2, -0.15) is 0 Å². The molecular weight excluding hydrogens is 312 g/mol. The molecule has 0 bridgehead atoms. The molecule has 0 aliphatic carbocycles. The minimum Gasteiger partial charge on any atom is -0.0654 e. The van der Waals surface area contributed by atoms with Crippen molar-refractivity contribution in [1.29, 1.82) is 0 Å². The summed E-state index contributed by atoms with van der Waals surface area (Å²) in [4.78, 5) is 0. The lowest BCUT2D eigenvalue weighted by Gasteiger charge is -2.04. The van der Waals surface area contributed by atoms with E-state index in [-0.39, 0.29) is 0 Å². The van der Waals surface area contributed by atoms with Crippen LogP contribution in [-0.4, -0.2) is 0 Å². The zero-order valence-electron chi connectivity index (χ0n) is 16.6. The predicted molar refractivity (Wildman–Crippen MR) is 117 cm³/mol. The van der Waals surface area contributed by atoms with Gasteiger partial charge in [0.2, 0.25) is 0 Å². The second-order valence-corrected chi connectivity index (χ2v) is 7.11. The van der Waals surface area contributed by atoms with Gasteiger partial charge >= 0.3 is 0 Å². The maximum atomic E-state index is 2.28. The summed E-state index contributed by atoms with van der Waals surface area (Å²) >= 11 is 0. The molecule has 3 rings (SSSR count). The monoisotopic (exact) mass is 346 g/mol. The van der Waals surface area contributed by atoms with E-state index in [1.807, 2.05) is 0 Å². The molecule has 0 spiro atoms. The van der Waals surface area contributed by atoms with E-state index in [1.165, 1.54) is 66.8 Å². The highest BCUT2D eigenvalue weighted by Gasteiger charge is 1.97. The summed E-state index contributed by atoms with van der Waals surface area (Å²) < 4.78 is 0. The molecule has 0 N–H and O–H groups in total. The van der Waals surface area contributed by atoms with Gasteiger partial charge < -0.3 is 0 Å². The van der Waals surface area contributed by atoms with E-state index in [0.29, 0.717) is 0 Å². The summed E-state index contributed by atoms with van der Waals surface area (Å²) in [5.74, 6) is 0. The first-order chi connectivity index (χ1) is 12.8. The normalized spacial score (nSPS) is 10.4. The predicted octanol–water partition coefficient (Wildman–Crippen LogP) is 8.19. The van der Waals surface area contributed by atoms with Crippen LogP contribution in [0.25, 0.3) is 10.8 Å². The molecule has 26 heavy (non-hydrogen) atoms.